The summed E-state index contributed by atoms with van der Waals surface area (Å²) in [5, 5.41) is 4.01. The largest absolute Gasteiger partial charge is 0.459 e. The van der Waals surface area contributed by atoms with E-state index < -0.39 is 0 Å². The zero-order chi connectivity index (χ0) is 23.1. The molecule has 0 bridgehead atoms. The summed E-state index contributed by atoms with van der Waals surface area (Å²) in [6.45, 7) is 4.16. The molecule has 2 aromatic carbocycles. The van der Waals surface area contributed by atoms with Crippen molar-refractivity contribution < 1.29 is 8.81 Å². The molecular formula is C26H21BrFN3OS. The van der Waals surface area contributed by atoms with Gasteiger partial charge in [0.2, 0.25) is 0 Å². The standard InChI is InChI=1S/C26H21BrFN3OS/c1-15-6-8-18(13-16(15)2)31-25(24(30-26(31)33)21-5-3-4-12-29-21)23-11-10-22(32-23)19-9-7-17(27)14-20(19)28/h3-14,24-25H,1-2H3,(H,30,33). The van der Waals surface area contributed by atoms with Crippen molar-refractivity contribution in [3.8, 4) is 11.3 Å². The fourth-order valence-electron chi connectivity index (χ4n) is 4.14. The average molecular weight is 522 g/mol. The molecule has 1 saturated heterocycles. The molecule has 0 radical (unpaired) electrons. The highest BCUT2D eigenvalue weighted by molar-refractivity contribution is 9.10. The fourth-order valence-corrected chi connectivity index (χ4v) is 4.82. The van der Waals surface area contributed by atoms with Gasteiger partial charge in [0, 0.05) is 16.4 Å². The molecule has 1 fully saturated rings. The van der Waals surface area contributed by atoms with E-state index in [4.69, 9.17) is 16.6 Å². The van der Waals surface area contributed by atoms with Gasteiger partial charge in [0.15, 0.2) is 5.11 Å². The third-order valence-electron chi connectivity index (χ3n) is 5.98. The SMILES string of the molecule is Cc1ccc(N2C(=S)NC(c3ccccn3)C2c2ccc(-c3ccc(Br)cc3F)o2)cc1C. The number of aromatic nitrogens is 1. The van der Waals surface area contributed by atoms with Crippen molar-refractivity contribution in [2.45, 2.75) is 25.9 Å². The van der Waals surface area contributed by atoms with E-state index in [0.29, 0.717) is 26.7 Å². The van der Waals surface area contributed by atoms with Gasteiger partial charge >= 0.3 is 0 Å². The maximum Gasteiger partial charge on any atom is 0.174 e. The molecule has 166 valence electrons. The van der Waals surface area contributed by atoms with Gasteiger partial charge in [0.25, 0.3) is 0 Å². The number of halogens is 2. The summed E-state index contributed by atoms with van der Waals surface area (Å²) in [5.74, 6) is 0.791. The van der Waals surface area contributed by atoms with E-state index in [1.54, 1.807) is 24.4 Å². The Balaban J connectivity index is 1.61. The van der Waals surface area contributed by atoms with Crippen molar-refractivity contribution >= 4 is 38.9 Å². The summed E-state index contributed by atoms with van der Waals surface area (Å²) >= 11 is 9.07. The molecule has 5 rings (SSSR count). The summed E-state index contributed by atoms with van der Waals surface area (Å²) in [6, 6.07) is 20.2. The number of hydrogen-bond acceptors (Lipinski definition) is 3. The van der Waals surface area contributed by atoms with Crippen LogP contribution < -0.4 is 10.2 Å². The van der Waals surface area contributed by atoms with Gasteiger partial charge in [-0.3, -0.25) is 4.98 Å². The van der Waals surface area contributed by atoms with Crippen LogP contribution in [0.5, 0.6) is 0 Å². The van der Waals surface area contributed by atoms with Crippen LogP contribution in [0.3, 0.4) is 0 Å². The molecule has 0 spiro atoms. The zero-order valence-corrected chi connectivity index (χ0v) is 20.5. The lowest BCUT2D eigenvalue weighted by molar-refractivity contribution is 0.438. The third-order valence-corrected chi connectivity index (χ3v) is 6.79. The van der Waals surface area contributed by atoms with E-state index in [9.17, 15) is 4.39 Å². The first kappa shape index (κ1) is 21.8. The number of thiocarbonyl (C=S) groups is 1. The Morgan fingerprint density at radius 3 is 2.61 bits per heavy atom. The van der Waals surface area contributed by atoms with Crippen molar-refractivity contribution in [3.63, 3.8) is 0 Å². The molecule has 2 aromatic heterocycles. The maximum absolute atomic E-state index is 14.6. The second-order valence-corrected chi connectivity index (χ2v) is 9.39. The average Bonchev–Trinajstić information content (AvgIpc) is 3.41. The Morgan fingerprint density at radius 2 is 1.88 bits per heavy atom. The number of furan rings is 1. The monoisotopic (exact) mass is 521 g/mol. The van der Waals surface area contributed by atoms with Crippen LogP contribution in [0, 0.1) is 19.7 Å². The third kappa shape index (κ3) is 4.07. The Morgan fingerprint density at radius 1 is 1.03 bits per heavy atom. The Kier molecular flexibility index (Phi) is 5.76. The van der Waals surface area contributed by atoms with Gasteiger partial charge < -0.3 is 14.6 Å². The van der Waals surface area contributed by atoms with Crippen LogP contribution in [0.25, 0.3) is 11.3 Å². The van der Waals surface area contributed by atoms with Crippen LogP contribution in [0.2, 0.25) is 0 Å². The molecule has 7 heteroatoms. The summed E-state index contributed by atoms with van der Waals surface area (Å²) in [4.78, 5) is 6.62. The van der Waals surface area contributed by atoms with E-state index in [1.807, 2.05) is 24.3 Å². The topological polar surface area (TPSA) is 41.3 Å². The number of nitrogens with one attached hydrogen (secondary N) is 1. The Hall–Kier alpha value is -3.03. The predicted molar refractivity (Wildman–Crippen MR) is 136 cm³/mol. The molecule has 4 nitrogen and oxygen atoms in total. The molecule has 0 aliphatic carbocycles. The lowest BCUT2D eigenvalue weighted by Gasteiger charge is -2.26. The first-order valence-corrected chi connectivity index (χ1v) is 11.8. The van der Waals surface area contributed by atoms with E-state index in [-0.39, 0.29) is 17.9 Å². The molecule has 2 atom stereocenters. The first-order chi connectivity index (χ1) is 15.9. The van der Waals surface area contributed by atoms with E-state index in [1.165, 1.54) is 17.2 Å². The number of benzene rings is 2. The lowest BCUT2D eigenvalue weighted by atomic mass is 10.0. The van der Waals surface area contributed by atoms with Crippen molar-refractivity contribution in [3.05, 3.63) is 106 Å². The highest BCUT2D eigenvalue weighted by Crippen LogP contribution is 2.43. The van der Waals surface area contributed by atoms with Crippen LogP contribution in [-0.2, 0) is 0 Å². The minimum atomic E-state index is -0.349. The molecular weight excluding hydrogens is 501 g/mol. The van der Waals surface area contributed by atoms with Crippen LogP contribution >= 0.6 is 28.1 Å². The second kappa shape index (κ2) is 8.72. The summed E-state index contributed by atoms with van der Waals surface area (Å²) < 4.78 is 21.5. The molecule has 1 N–H and O–H groups in total. The highest BCUT2D eigenvalue weighted by Gasteiger charge is 2.42. The number of hydrogen-bond donors (Lipinski definition) is 1. The van der Waals surface area contributed by atoms with Gasteiger partial charge in [-0.15, -0.1) is 0 Å². The number of nitrogens with zero attached hydrogens (tertiary/aromatic N) is 2. The Bertz CT molecular complexity index is 1340. The van der Waals surface area contributed by atoms with Gasteiger partial charge in [-0.1, -0.05) is 28.1 Å². The van der Waals surface area contributed by atoms with Gasteiger partial charge in [0.1, 0.15) is 23.4 Å². The van der Waals surface area contributed by atoms with Crippen LogP contribution in [0.1, 0.15) is 34.7 Å². The molecule has 4 aromatic rings. The predicted octanol–water partition coefficient (Wildman–Crippen LogP) is 7.04. The maximum atomic E-state index is 14.6. The van der Waals surface area contributed by atoms with Crippen molar-refractivity contribution in [2.75, 3.05) is 4.90 Å². The van der Waals surface area contributed by atoms with Crippen LogP contribution in [-0.4, -0.2) is 10.1 Å². The molecule has 33 heavy (non-hydrogen) atoms. The molecule has 3 heterocycles. The number of aryl methyl sites for hydroxylation is 2. The van der Waals surface area contributed by atoms with Gasteiger partial charge in [0.05, 0.1) is 17.3 Å². The van der Waals surface area contributed by atoms with Crippen molar-refractivity contribution in [2.24, 2.45) is 0 Å². The number of anilines is 1. The van der Waals surface area contributed by atoms with E-state index >= 15 is 0 Å². The normalized spacial score (nSPS) is 17.9. The van der Waals surface area contributed by atoms with Crippen molar-refractivity contribution in [1.82, 2.24) is 10.3 Å². The molecule has 1 aliphatic rings. The molecule has 1 aliphatic heterocycles. The quantitative estimate of drug-likeness (QED) is 0.291. The smallest absolute Gasteiger partial charge is 0.174 e. The van der Waals surface area contributed by atoms with Crippen molar-refractivity contribution in [1.29, 1.82) is 0 Å². The van der Waals surface area contributed by atoms with E-state index in [2.05, 4.69) is 63.2 Å². The Labute approximate surface area is 205 Å². The summed E-state index contributed by atoms with van der Waals surface area (Å²) in [6.07, 6.45) is 1.76. The zero-order valence-electron chi connectivity index (χ0n) is 18.0. The molecule has 0 saturated carbocycles. The number of pyridine rings is 1. The van der Waals surface area contributed by atoms with Gasteiger partial charge in [-0.25, -0.2) is 4.39 Å². The van der Waals surface area contributed by atoms with Crippen LogP contribution in [0.15, 0.2) is 81.8 Å². The van der Waals surface area contributed by atoms with Gasteiger partial charge in [-0.2, -0.15) is 0 Å². The van der Waals surface area contributed by atoms with Gasteiger partial charge in [-0.05, 0) is 91.8 Å². The molecule has 0 amide bonds. The fraction of sp³-hybridized carbons (Fsp3) is 0.154. The first-order valence-electron chi connectivity index (χ1n) is 10.6. The van der Waals surface area contributed by atoms with E-state index in [0.717, 1.165) is 11.4 Å². The second-order valence-electron chi connectivity index (χ2n) is 8.09. The minimum absolute atomic E-state index is 0.228. The van der Waals surface area contributed by atoms with Crippen LogP contribution in [0.4, 0.5) is 10.1 Å². The minimum Gasteiger partial charge on any atom is -0.459 e. The summed E-state index contributed by atoms with van der Waals surface area (Å²) in [7, 11) is 0. The number of rotatable bonds is 4. The highest BCUT2D eigenvalue weighted by atomic mass is 79.9. The summed E-state index contributed by atoms with van der Waals surface area (Å²) in [5.41, 5.74) is 4.61. The molecule has 2 unspecified atom stereocenters. The lowest BCUT2D eigenvalue weighted by Crippen LogP contribution is -2.29.